The Bertz CT molecular complexity index is 387. The van der Waals surface area contributed by atoms with E-state index in [0.29, 0.717) is 0 Å². The third-order valence-corrected chi connectivity index (χ3v) is 3.79. The molecule has 1 fully saturated rings. The van der Waals surface area contributed by atoms with Gasteiger partial charge in [0.25, 0.3) is 0 Å². The number of rotatable bonds is 2. The summed E-state index contributed by atoms with van der Waals surface area (Å²) in [5.74, 6) is 0.930. The van der Waals surface area contributed by atoms with E-state index in [9.17, 15) is 5.11 Å². The molecule has 1 saturated carbocycles. The summed E-state index contributed by atoms with van der Waals surface area (Å²) >= 11 is 0. The van der Waals surface area contributed by atoms with Gasteiger partial charge in [-0.3, -0.25) is 0 Å². The van der Waals surface area contributed by atoms with Crippen LogP contribution in [0.1, 0.15) is 49.7 Å². The van der Waals surface area contributed by atoms with Crippen molar-refractivity contribution in [2.75, 3.05) is 0 Å². The lowest BCUT2D eigenvalue weighted by molar-refractivity contribution is 0.0184. The maximum absolute atomic E-state index is 10.2. The first-order valence-electron chi connectivity index (χ1n) is 7.09. The molecule has 0 aromatic heterocycles. The van der Waals surface area contributed by atoms with Gasteiger partial charge in [-0.05, 0) is 50.3 Å². The summed E-state index contributed by atoms with van der Waals surface area (Å²) in [4.78, 5) is 0. The fraction of sp³-hybridized carbons (Fsp3) is 0.625. The van der Waals surface area contributed by atoms with Crippen molar-refractivity contribution in [2.24, 2.45) is 0 Å². The topological polar surface area (TPSA) is 29.5 Å². The lowest BCUT2D eigenvalue weighted by Crippen LogP contribution is -2.32. The lowest BCUT2D eigenvalue weighted by atomic mass is 9.96. The quantitative estimate of drug-likeness (QED) is 0.863. The maximum Gasteiger partial charge on any atom is 0.124 e. The smallest absolute Gasteiger partial charge is 0.124 e. The van der Waals surface area contributed by atoms with E-state index in [1.807, 2.05) is 0 Å². The normalized spacial score (nSPS) is 25.3. The van der Waals surface area contributed by atoms with Gasteiger partial charge in [-0.25, -0.2) is 0 Å². The summed E-state index contributed by atoms with van der Waals surface area (Å²) in [5.41, 5.74) is 2.35. The fourth-order valence-corrected chi connectivity index (χ4v) is 2.57. The average Bonchev–Trinajstić information content (AvgIpc) is 2.33. The average molecular weight is 248 g/mol. The van der Waals surface area contributed by atoms with Crippen LogP contribution in [0.25, 0.3) is 0 Å². The van der Waals surface area contributed by atoms with Crippen molar-refractivity contribution in [3.63, 3.8) is 0 Å². The van der Waals surface area contributed by atoms with Crippen molar-refractivity contribution in [2.45, 2.75) is 64.6 Å². The summed E-state index contributed by atoms with van der Waals surface area (Å²) in [6.45, 7) is 4.13. The zero-order valence-electron chi connectivity index (χ0n) is 11.5. The molecule has 1 aliphatic rings. The summed E-state index contributed by atoms with van der Waals surface area (Å²) in [6, 6.07) is 6.25. The van der Waals surface area contributed by atoms with Gasteiger partial charge in [0.2, 0.25) is 0 Å². The van der Waals surface area contributed by atoms with Gasteiger partial charge in [0.1, 0.15) is 11.9 Å². The van der Waals surface area contributed by atoms with Gasteiger partial charge in [-0.2, -0.15) is 0 Å². The Morgan fingerprint density at radius 1 is 1.06 bits per heavy atom. The zero-order chi connectivity index (χ0) is 13.0. The molecule has 2 unspecified atom stereocenters. The number of hydrogen-bond donors (Lipinski definition) is 1. The molecule has 1 aromatic rings. The number of hydrogen-bond acceptors (Lipinski definition) is 2. The SMILES string of the molecule is Cc1ccc(C)c(OC2CCCCCCC2O)c1. The van der Waals surface area contributed by atoms with Crippen LogP contribution in [-0.2, 0) is 0 Å². The molecule has 0 heterocycles. The minimum absolute atomic E-state index is 0.0363. The van der Waals surface area contributed by atoms with Crippen LogP contribution >= 0.6 is 0 Å². The molecular formula is C16H24O2. The number of ether oxygens (including phenoxy) is 1. The first kappa shape index (κ1) is 13.4. The Morgan fingerprint density at radius 3 is 2.56 bits per heavy atom. The molecule has 2 atom stereocenters. The van der Waals surface area contributed by atoms with E-state index in [0.717, 1.165) is 37.0 Å². The second kappa shape index (κ2) is 6.24. The molecule has 0 spiro atoms. The molecule has 100 valence electrons. The minimum atomic E-state index is -0.315. The highest BCUT2D eigenvalue weighted by Crippen LogP contribution is 2.26. The Hall–Kier alpha value is -1.02. The van der Waals surface area contributed by atoms with Gasteiger partial charge in [0.15, 0.2) is 0 Å². The van der Waals surface area contributed by atoms with E-state index < -0.39 is 0 Å². The second-order valence-corrected chi connectivity index (χ2v) is 5.48. The van der Waals surface area contributed by atoms with Crippen LogP contribution in [0.3, 0.4) is 0 Å². The van der Waals surface area contributed by atoms with Gasteiger partial charge in [-0.15, -0.1) is 0 Å². The molecule has 18 heavy (non-hydrogen) atoms. The molecule has 0 amide bonds. The van der Waals surface area contributed by atoms with Crippen molar-refractivity contribution in [3.8, 4) is 5.75 Å². The fourth-order valence-electron chi connectivity index (χ4n) is 2.57. The van der Waals surface area contributed by atoms with Crippen molar-refractivity contribution in [1.82, 2.24) is 0 Å². The van der Waals surface area contributed by atoms with E-state index in [2.05, 4.69) is 32.0 Å². The van der Waals surface area contributed by atoms with Crippen LogP contribution in [-0.4, -0.2) is 17.3 Å². The van der Waals surface area contributed by atoms with Gasteiger partial charge in [0.05, 0.1) is 6.10 Å². The summed E-state index contributed by atoms with van der Waals surface area (Å²) in [7, 11) is 0. The van der Waals surface area contributed by atoms with E-state index in [4.69, 9.17) is 4.74 Å². The Kier molecular flexibility index (Phi) is 4.65. The second-order valence-electron chi connectivity index (χ2n) is 5.48. The Labute approximate surface area is 110 Å². The van der Waals surface area contributed by atoms with E-state index >= 15 is 0 Å². The molecule has 0 aliphatic heterocycles. The zero-order valence-corrected chi connectivity index (χ0v) is 11.5. The highest BCUT2D eigenvalue weighted by Gasteiger charge is 2.22. The van der Waals surface area contributed by atoms with Crippen molar-refractivity contribution >= 4 is 0 Å². The van der Waals surface area contributed by atoms with E-state index in [-0.39, 0.29) is 12.2 Å². The number of aryl methyl sites for hydroxylation is 2. The van der Waals surface area contributed by atoms with E-state index in [1.165, 1.54) is 18.4 Å². The van der Waals surface area contributed by atoms with Crippen LogP contribution in [0.2, 0.25) is 0 Å². The summed E-state index contributed by atoms with van der Waals surface area (Å²) in [6.07, 6.45) is 6.27. The molecule has 1 N–H and O–H groups in total. The lowest BCUT2D eigenvalue weighted by Gasteiger charge is -2.27. The first-order chi connectivity index (χ1) is 8.66. The largest absolute Gasteiger partial charge is 0.487 e. The molecule has 1 aliphatic carbocycles. The molecule has 0 radical (unpaired) electrons. The standard InChI is InChI=1S/C16H24O2/c1-12-9-10-13(2)16(11-12)18-15-8-6-4-3-5-7-14(15)17/h9-11,14-15,17H,3-8H2,1-2H3. The third kappa shape index (κ3) is 3.49. The highest BCUT2D eigenvalue weighted by molar-refractivity contribution is 5.36. The highest BCUT2D eigenvalue weighted by atomic mass is 16.5. The van der Waals surface area contributed by atoms with Crippen molar-refractivity contribution in [1.29, 1.82) is 0 Å². The number of aliphatic hydroxyl groups excluding tert-OH is 1. The van der Waals surface area contributed by atoms with Crippen LogP contribution in [0, 0.1) is 13.8 Å². The van der Waals surface area contributed by atoms with Crippen LogP contribution in [0.15, 0.2) is 18.2 Å². The van der Waals surface area contributed by atoms with Crippen LogP contribution in [0.5, 0.6) is 5.75 Å². The first-order valence-corrected chi connectivity index (χ1v) is 7.09. The van der Waals surface area contributed by atoms with E-state index in [1.54, 1.807) is 0 Å². The molecule has 2 rings (SSSR count). The van der Waals surface area contributed by atoms with Gasteiger partial charge in [-0.1, -0.05) is 31.4 Å². The monoisotopic (exact) mass is 248 g/mol. The Balaban J connectivity index is 2.07. The van der Waals surface area contributed by atoms with Crippen LogP contribution in [0.4, 0.5) is 0 Å². The van der Waals surface area contributed by atoms with Crippen molar-refractivity contribution < 1.29 is 9.84 Å². The van der Waals surface area contributed by atoms with Gasteiger partial charge < -0.3 is 9.84 Å². The van der Waals surface area contributed by atoms with Gasteiger partial charge >= 0.3 is 0 Å². The molecular weight excluding hydrogens is 224 g/mol. The predicted octanol–water partition coefficient (Wildman–Crippen LogP) is 3.77. The van der Waals surface area contributed by atoms with Gasteiger partial charge in [0, 0.05) is 0 Å². The molecule has 0 bridgehead atoms. The molecule has 1 aromatic carbocycles. The molecule has 0 saturated heterocycles. The minimum Gasteiger partial charge on any atom is -0.487 e. The van der Waals surface area contributed by atoms with Crippen LogP contribution < -0.4 is 4.74 Å². The Morgan fingerprint density at radius 2 is 1.78 bits per heavy atom. The predicted molar refractivity (Wildman–Crippen MR) is 74.0 cm³/mol. The number of benzene rings is 1. The molecule has 2 heteroatoms. The van der Waals surface area contributed by atoms with Crippen molar-refractivity contribution in [3.05, 3.63) is 29.3 Å². The molecule has 2 nitrogen and oxygen atoms in total. The summed E-state index contributed by atoms with van der Waals surface area (Å²) < 4.78 is 6.06. The third-order valence-electron chi connectivity index (χ3n) is 3.79. The number of aliphatic hydroxyl groups is 1. The summed E-state index contributed by atoms with van der Waals surface area (Å²) in [5, 5.41) is 10.2. The maximum atomic E-state index is 10.2.